The number of rotatable bonds is 0. The van der Waals surface area contributed by atoms with Crippen molar-refractivity contribution >= 4 is 5.78 Å². The molecule has 0 radical (unpaired) electrons. The van der Waals surface area contributed by atoms with E-state index < -0.39 is 17.6 Å². The first-order chi connectivity index (χ1) is 7.30. The molecule has 0 saturated heterocycles. The molecule has 2 aromatic rings. The molecule has 5 nitrogen and oxygen atoms in total. The predicted octanol–water partition coefficient (Wildman–Crippen LogP) is 0.755. The van der Waals surface area contributed by atoms with Crippen molar-refractivity contribution in [3.63, 3.8) is 0 Å². The fourth-order valence-electron chi connectivity index (χ4n) is 1.34. The summed E-state index contributed by atoms with van der Waals surface area (Å²) >= 11 is 0. The third kappa shape index (κ3) is 1.46. The molecule has 0 atom stereocenters. The minimum Gasteiger partial charge on any atom is -0.280 e. The van der Waals surface area contributed by atoms with Gasteiger partial charge in [-0.1, -0.05) is 0 Å². The molecule has 0 amide bonds. The molecule has 0 aliphatic carbocycles. The monoisotopic (exact) mass is 232 g/mol. The van der Waals surface area contributed by atoms with Crippen LogP contribution in [0, 0.1) is 6.92 Å². The summed E-state index contributed by atoms with van der Waals surface area (Å²) in [6.07, 6.45) is -3.39. The highest BCUT2D eigenvalue weighted by atomic mass is 19.4. The predicted molar refractivity (Wildman–Crippen MR) is 48.0 cm³/mol. The van der Waals surface area contributed by atoms with E-state index in [1.165, 1.54) is 20.2 Å². The topological polar surface area (TPSA) is 52.2 Å². The molecule has 0 aromatic carbocycles. The standard InChI is InChI=1S/C8H7F3N4O/c1-4-3-15-7(14(2)5(4)16)12-6(13-15)8(9,10)11/h3H,1-2H3. The highest BCUT2D eigenvalue weighted by molar-refractivity contribution is 5.30. The van der Waals surface area contributed by atoms with Crippen molar-refractivity contribution in [2.24, 2.45) is 7.05 Å². The lowest BCUT2D eigenvalue weighted by atomic mass is 10.4. The van der Waals surface area contributed by atoms with Gasteiger partial charge < -0.3 is 0 Å². The van der Waals surface area contributed by atoms with Gasteiger partial charge in [-0.05, 0) is 6.92 Å². The molecule has 0 aliphatic rings. The molecule has 0 fully saturated rings. The van der Waals surface area contributed by atoms with Gasteiger partial charge in [0.15, 0.2) is 0 Å². The SMILES string of the molecule is Cc1cn2nc(C(F)(F)F)nc2n(C)c1=O. The van der Waals surface area contributed by atoms with Crippen molar-refractivity contribution in [1.82, 2.24) is 19.2 Å². The van der Waals surface area contributed by atoms with Gasteiger partial charge in [0.05, 0.1) is 0 Å². The molecule has 0 saturated carbocycles. The Labute approximate surface area is 87.1 Å². The normalized spacial score (nSPS) is 12.3. The molecule has 0 N–H and O–H groups in total. The fourth-order valence-corrected chi connectivity index (χ4v) is 1.34. The lowest BCUT2D eigenvalue weighted by Crippen LogP contribution is -2.21. The Morgan fingerprint density at radius 1 is 1.38 bits per heavy atom. The molecular formula is C8H7F3N4O. The van der Waals surface area contributed by atoms with Gasteiger partial charge in [-0.25, -0.2) is 4.52 Å². The third-order valence-electron chi connectivity index (χ3n) is 2.12. The summed E-state index contributed by atoms with van der Waals surface area (Å²) < 4.78 is 39.0. The van der Waals surface area contributed by atoms with Crippen LogP contribution in [0.1, 0.15) is 11.4 Å². The van der Waals surface area contributed by atoms with Gasteiger partial charge in [-0.2, -0.15) is 18.2 Å². The Kier molecular flexibility index (Phi) is 2.04. The second-order valence-electron chi connectivity index (χ2n) is 3.35. The van der Waals surface area contributed by atoms with Crippen molar-refractivity contribution in [3.8, 4) is 0 Å². The summed E-state index contributed by atoms with van der Waals surface area (Å²) in [6.45, 7) is 1.50. The fraction of sp³-hybridized carbons (Fsp3) is 0.375. The lowest BCUT2D eigenvalue weighted by Gasteiger charge is -1.99. The molecule has 16 heavy (non-hydrogen) atoms. The van der Waals surface area contributed by atoms with Gasteiger partial charge >= 0.3 is 6.18 Å². The van der Waals surface area contributed by atoms with E-state index in [2.05, 4.69) is 10.1 Å². The Morgan fingerprint density at radius 2 is 2.00 bits per heavy atom. The van der Waals surface area contributed by atoms with Crippen molar-refractivity contribution in [1.29, 1.82) is 0 Å². The first kappa shape index (κ1) is 10.7. The summed E-state index contributed by atoms with van der Waals surface area (Å²) in [6, 6.07) is 0. The number of fused-ring (bicyclic) bond motifs is 1. The summed E-state index contributed by atoms with van der Waals surface area (Å²) in [5.74, 6) is -1.39. The van der Waals surface area contributed by atoms with Gasteiger partial charge in [0, 0.05) is 18.8 Å². The number of nitrogens with zero attached hydrogens (tertiary/aromatic N) is 4. The van der Waals surface area contributed by atoms with Crippen LogP contribution in [0.2, 0.25) is 0 Å². The summed E-state index contributed by atoms with van der Waals surface area (Å²) in [5, 5.41) is 3.27. The molecule has 0 unspecified atom stereocenters. The molecule has 0 bridgehead atoms. The molecule has 0 aliphatic heterocycles. The second-order valence-corrected chi connectivity index (χ2v) is 3.35. The van der Waals surface area contributed by atoms with E-state index in [4.69, 9.17) is 0 Å². The first-order valence-electron chi connectivity index (χ1n) is 4.31. The molecule has 86 valence electrons. The minimum absolute atomic E-state index is 0.136. The number of aromatic nitrogens is 4. The van der Waals surface area contributed by atoms with Crippen molar-refractivity contribution in [3.05, 3.63) is 27.9 Å². The van der Waals surface area contributed by atoms with E-state index in [9.17, 15) is 18.0 Å². The van der Waals surface area contributed by atoms with Gasteiger partial charge in [-0.15, -0.1) is 5.10 Å². The first-order valence-corrected chi connectivity index (χ1v) is 4.31. The number of hydrogen-bond donors (Lipinski definition) is 0. The van der Waals surface area contributed by atoms with Crippen LogP contribution in [0.3, 0.4) is 0 Å². The molecular weight excluding hydrogens is 225 g/mol. The number of halogens is 3. The highest BCUT2D eigenvalue weighted by Crippen LogP contribution is 2.26. The maximum atomic E-state index is 12.3. The van der Waals surface area contributed by atoms with Gasteiger partial charge in [-0.3, -0.25) is 9.36 Å². The van der Waals surface area contributed by atoms with E-state index in [0.29, 0.717) is 5.56 Å². The van der Waals surface area contributed by atoms with Gasteiger partial charge in [0.2, 0.25) is 5.78 Å². The van der Waals surface area contributed by atoms with E-state index >= 15 is 0 Å². The number of alkyl halides is 3. The van der Waals surface area contributed by atoms with Crippen LogP contribution in [0.4, 0.5) is 13.2 Å². The number of aryl methyl sites for hydroxylation is 2. The average Bonchev–Trinajstić information content (AvgIpc) is 2.57. The third-order valence-corrected chi connectivity index (χ3v) is 2.12. The maximum Gasteiger partial charge on any atom is 0.453 e. The maximum absolute atomic E-state index is 12.3. The Morgan fingerprint density at radius 3 is 2.56 bits per heavy atom. The molecule has 2 aromatic heterocycles. The Bertz CT molecular complexity index is 610. The zero-order chi connectivity index (χ0) is 12.1. The van der Waals surface area contributed by atoms with Crippen molar-refractivity contribution in [2.75, 3.05) is 0 Å². The summed E-state index contributed by atoms with van der Waals surface area (Å²) in [5.41, 5.74) is -0.0951. The molecule has 8 heteroatoms. The van der Waals surface area contributed by atoms with Crippen molar-refractivity contribution in [2.45, 2.75) is 13.1 Å². The summed E-state index contributed by atoms with van der Waals surface area (Å²) in [4.78, 5) is 14.7. The molecule has 2 rings (SSSR count). The van der Waals surface area contributed by atoms with E-state index in [1.807, 2.05) is 0 Å². The van der Waals surface area contributed by atoms with E-state index in [1.54, 1.807) is 0 Å². The summed E-state index contributed by atoms with van der Waals surface area (Å²) in [7, 11) is 1.35. The van der Waals surface area contributed by atoms with Crippen molar-refractivity contribution < 1.29 is 13.2 Å². The average molecular weight is 232 g/mol. The van der Waals surface area contributed by atoms with Crippen LogP contribution in [0.5, 0.6) is 0 Å². The zero-order valence-corrected chi connectivity index (χ0v) is 8.41. The van der Waals surface area contributed by atoms with E-state index in [0.717, 1.165) is 9.08 Å². The minimum atomic E-state index is -4.62. The van der Waals surface area contributed by atoms with Crippen LogP contribution in [0.15, 0.2) is 11.0 Å². The van der Waals surface area contributed by atoms with Gasteiger partial charge in [0.25, 0.3) is 11.4 Å². The smallest absolute Gasteiger partial charge is 0.280 e. The zero-order valence-electron chi connectivity index (χ0n) is 8.41. The Hall–Kier alpha value is -1.86. The van der Waals surface area contributed by atoms with Crippen LogP contribution in [-0.2, 0) is 13.2 Å². The van der Waals surface area contributed by atoms with E-state index in [-0.39, 0.29) is 5.78 Å². The molecule has 0 spiro atoms. The van der Waals surface area contributed by atoms with Crippen LogP contribution >= 0.6 is 0 Å². The number of hydrogen-bond acceptors (Lipinski definition) is 3. The molecule has 2 heterocycles. The van der Waals surface area contributed by atoms with Gasteiger partial charge in [0.1, 0.15) is 0 Å². The van der Waals surface area contributed by atoms with Crippen LogP contribution in [-0.4, -0.2) is 19.2 Å². The van der Waals surface area contributed by atoms with Crippen LogP contribution in [0.25, 0.3) is 5.78 Å². The lowest BCUT2D eigenvalue weighted by molar-refractivity contribution is -0.144. The highest BCUT2D eigenvalue weighted by Gasteiger charge is 2.36. The quantitative estimate of drug-likeness (QED) is 0.673. The second kappa shape index (κ2) is 3.06. The van der Waals surface area contributed by atoms with Crippen LogP contribution < -0.4 is 5.56 Å². The largest absolute Gasteiger partial charge is 0.453 e. The Balaban J connectivity index is 2.82.